The Kier molecular flexibility index (Phi) is 3.49. The van der Waals surface area contributed by atoms with Crippen LogP contribution in [0.2, 0.25) is 0 Å². The van der Waals surface area contributed by atoms with Crippen LogP contribution in [-0.2, 0) is 4.74 Å². The van der Waals surface area contributed by atoms with Crippen molar-refractivity contribution in [2.24, 2.45) is 0 Å². The lowest BCUT2D eigenvalue weighted by Crippen LogP contribution is -2.40. The molecule has 4 heterocycles. The van der Waals surface area contributed by atoms with Gasteiger partial charge in [-0.2, -0.15) is 0 Å². The minimum absolute atomic E-state index is 0.345. The molecule has 0 atom stereocenters. The van der Waals surface area contributed by atoms with E-state index in [0.29, 0.717) is 23.7 Å². The van der Waals surface area contributed by atoms with Gasteiger partial charge < -0.3 is 10.1 Å². The van der Waals surface area contributed by atoms with Gasteiger partial charge in [-0.1, -0.05) is 0 Å². The molecule has 1 N–H and O–H groups in total. The maximum absolute atomic E-state index is 5.31. The first-order valence-corrected chi connectivity index (χ1v) is 8.51. The quantitative estimate of drug-likeness (QED) is 0.606. The first-order valence-electron chi connectivity index (χ1n) is 8.51. The highest BCUT2D eigenvalue weighted by Crippen LogP contribution is 2.28. The highest BCUT2D eigenvalue weighted by molar-refractivity contribution is 5.84. The first kappa shape index (κ1) is 15.2. The summed E-state index contributed by atoms with van der Waals surface area (Å²) < 4.78 is 7.14. The molecule has 0 unspecified atom stereocenters. The molecule has 0 radical (unpaired) electrons. The van der Waals surface area contributed by atoms with E-state index in [0.717, 1.165) is 35.0 Å². The third kappa shape index (κ3) is 2.55. The van der Waals surface area contributed by atoms with Gasteiger partial charge in [-0.05, 0) is 25.0 Å². The van der Waals surface area contributed by atoms with Crippen molar-refractivity contribution < 1.29 is 4.74 Å². The van der Waals surface area contributed by atoms with Crippen LogP contribution in [0.5, 0.6) is 0 Å². The molecule has 1 fully saturated rings. The summed E-state index contributed by atoms with van der Waals surface area (Å²) in [6.07, 6.45) is 11.2. The summed E-state index contributed by atoms with van der Waals surface area (Å²) in [5, 5.41) is 7.92. The number of hydrogen-bond acceptors (Lipinski definition) is 7. The van der Waals surface area contributed by atoms with Crippen LogP contribution in [0.15, 0.2) is 43.1 Å². The molecule has 0 bridgehead atoms. The fourth-order valence-electron chi connectivity index (χ4n) is 3.27. The molecule has 4 aromatic rings. The van der Waals surface area contributed by atoms with Gasteiger partial charge in [0.25, 0.3) is 0 Å². The minimum Gasteiger partial charge on any atom is -0.381 e. The zero-order chi connectivity index (χ0) is 17.5. The third-order valence-corrected chi connectivity index (χ3v) is 4.81. The van der Waals surface area contributed by atoms with Crippen LogP contribution in [0.4, 0.5) is 5.95 Å². The van der Waals surface area contributed by atoms with Crippen molar-refractivity contribution in [3.63, 3.8) is 0 Å². The number of nitrogens with one attached hydrogen (secondary N) is 1. The van der Waals surface area contributed by atoms with Crippen LogP contribution >= 0.6 is 0 Å². The second kappa shape index (κ2) is 5.99. The highest BCUT2D eigenvalue weighted by Gasteiger charge is 2.29. The first-order chi connectivity index (χ1) is 12.8. The number of methoxy groups -OCH3 is 1. The molecule has 0 aromatic carbocycles. The van der Waals surface area contributed by atoms with Gasteiger partial charge in [-0.25, -0.2) is 19.5 Å². The normalized spacial score (nSPS) is 19.6. The number of fused-ring (bicyclic) bond motifs is 2. The third-order valence-electron chi connectivity index (χ3n) is 4.81. The molecule has 1 saturated carbocycles. The maximum Gasteiger partial charge on any atom is 0.241 e. The Morgan fingerprint density at radius 2 is 2.00 bits per heavy atom. The summed E-state index contributed by atoms with van der Waals surface area (Å²) in [5.74, 6) is 0.627. The molecule has 5 rings (SSSR count). The van der Waals surface area contributed by atoms with E-state index in [1.165, 1.54) is 0 Å². The topological polar surface area (TPSA) is 90.1 Å². The molecule has 0 amide bonds. The lowest BCUT2D eigenvalue weighted by molar-refractivity contribution is 0.0326. The lowest BCUT2D eigenvalue weighted by atomic mass is 9.89. The molecule has 8 heteroatoms. The van der Waals surface area contributed by atoms with Gasteiger partial charge in [-0.3, -0.25) is 4.98 Å². The van der Waals surface area contributed by atoms with Gasteiger partial charge in [0, 0.05) is 49.1 Å². The molecule has 1 aliphatic carbocycles. The smallest absolute Gasteiger partial charge is 0.241 e. The van der Waals surface area contributed by atoms with Crippen LogP contribution < -0.4 is 5.32 Å². The lowest BCUT2D eigenvalue weighted by Gasteiger charge is -2.34. The molecular weight excluding hydrogens is 330 g/mol. The largest absolute Gasteiger partial charge is 0.381 e. The van der Waals surface area contributed by atoms with Crippen LogP contribution in [0.1, 0.15) is 12.8 Å². The summed E-state index contributed by atoms with van der Waals surface area (Å²) >= 11 is 0. The van der Waals surface area contributed by atoms with E-state index < -0.39 is 0 Å². The molecule has 0 saturated heterocycles. The maximum atomic E-state index is 5.31. The number of pyridine rings is 1. The predicted molar refractivity (Wildman–Crippen MR) is 96.8 cm³/mol. The SMILES string of the molecule is COC1CC(Nc2ncc3c(-c4cnc5nccnc5c4)ccn3n2)C1. The van der Waals surface area contributed by atoms with E-state index >= 15 is 0 Å². The summed E-state index contributed by atoms with van der Waals surface area (Å²) in [6, 6.07) is 4.36. The van der Waals surface area contributed by atoms with E-state index in [4.69, 9.17) is 4.74 Å². The van der Waals surface area contributed by atoms with Crippen LogP contribution in [-0.4, -0.2) is 48.8 Å². The number of hydrogen-bond donors (Lipinski definition) is 1. The van der Waals surface area contributed by atoms with Gasteiger partial charge in [-0.15, -0.1) is 5.10 Å². The number of anilines is 1. The van der Waals surface area contributed by atoms with Crippen molar-refractivity contribution >= 4 is 22.6 Å². The summed E-state index contributed by atoms with van der Waals surface area (Å²) in [4.78, 5) is 17.4. The Morgan fingerprint density at radius 3 is 2.88 bits per heavy atom. The van der Waals surface area contributed by atoms with Crippen molar-refractivity contribution in [3.8, 4) is 11.1 Å². The molecule has 26 heavy (non-hydrogen) atoms. The van der Waals surface area contributed by atoms with Crippen LogP contribution in [0.25, 0.3) is 27.8 Å². The number of rotatable bonds is 4. The second-order valence-electron chi connectivity index (χ2n) is 6.43. The Hall–Kier alpha value is -3.13. The molecule has 130 valence electrons. The summed E-state index contributed by atoms with van der Waals surface area (Å²) in [6.45, 7) is 0. The number of nitrogens with zero attached hydrogens (tertiary/aromatic N) is 6. The molecule has 1 aliphatic rings. The molecular formula is C18H17N7O. The van der Waals surface area contributed by atoms with E-state index in [2.05, 4.69) is 30.4 Å². The number of ether oxygens (including phenoxy) is 1. The number of aromatic nitrogens is 6. The van der Waals surface area contributed by atoms with Crippen molar-refractivity contribution in [1.29, 1.82) is 0 Å². The van der Waals surface area contributed by atoms with Crippen LogP contribution in [0.3, 0.4) is 0 Å². The summed E-state index contributed by atoms with van der Waals surface area (Å²) in [5.41, 5.74) is 4.30. The van der Waals surface area contributed by atoms with Gasteiger partial charge in [0.1, 0.15) is 5.52 Å². The van der Waals surface area contributed by atoms with Crippen molar-refractivity contribution in [2.75, 3.05) is 12.4 Å². The van der Waals surface area contributed by atoms with Gasteiger partial charge in [0.2, 0.25) is 5.95 Å². The fraction of sp³-hybridized carbons (Fsp3) is 0.278. The van der Waals surface area contributed by atoms with Gasteiger partial charge in [0.05, 0.1) is 17.8 Å². The van der Waals surface area contributed by atoms with Gasteiger partial charge >= 0.3 is 0 Å². The van der Waals surface area contributed by atoms with Crippen LogP contribution in [0, 0.1) is 0 Å². The monoisotopic (exact) mass is 347 g/mol. The van der Waals surface area contributed by atoms with E-state index in [9.17, 15) is 0 Å². The standard InChI is InChI=1S/C18H17N7O/c1-26-13-7-12(8-13)23-18-22-10-16-14(2-5-25(16)24-18)11-6-15-17(21-9-11)20-4-3-19-15/h2-6,9-10,12-13H,7-8H2,1H3,(H,23,24). The zero-order valence-electron chi connectivity index (χ0n) is 14.2. The molecule has 0 aliphatic heterocycles. The highest BCUT2D eigenvalue weighted by atomic mass is 16.5. The Bertz CT molecular complexity index is 1090. The zero-order valence-corrected chi connectivity index (χ0v) is 14.2. The predicted octanol–water partition coefficient (Wildman–Crippen LogP) is 2.32. The molecule has 0 spiro atoms. The van der Waals surface area contributed by atoms with E-state index in [-0.39, 0.29) is 0 Å². The van der Waals surface area contributed by atoms with Gasteiger partial charge in [0.15, 0.2) is 5.65 Å². The average Bonchev–Trinajstić information content (AvgIpc) is 3.07. The molecule has 4 aromatic heterocycles. The van der Waals surface area contributed by atoms with Crippen molar-refractivity contribution in [3.05, 3.63) is 43.1 Å². The Labute approximate surface area is 149 Å². The average molecular weight is 347 g/mol. The fourth-order valence-corrected chi connectivity index (χ4v) is 3.27. The van der Waals surface area contributed by atoms with E-state index in [1.54, 1.807) is 25.7 Å². The van der Waals surface area contributed by atoms with Crippen molar-refractivity contribution in [1.82, 2.24) is 29.5 Å². The Morgan fingerprint density at radius 1 is 1.12 bits per heavy atom. The van der Waals surface area contributed by atoms with Crippen molar-refractivity contribution in [2.45, 2.75) is 25.0 Å². The molecule has 8 nitrogen and oxygen atoms in total. The Balaban J connectivity index is 1.45. The minimum atomic E-state index is 0.345. The van der Waals surface area contributed by atoms with E-state index in [1.807, 2.05) is 29.0 Å². The summed E-state index contributed by atoms with van der Waals surface area (Å²) in [7, 11) is 1.75. The second-order valence-corrected chi connectivity index (χ2v) is 6.43.